The Kier molecular flexibility index (Phi) is 4.36. The van der Waals surface area contributed by atoms with Crippen LogP contribution in [0.1, 0.15) is 41.1 Å². The Morgan fingerprint density at radius 2 is 2.04 bits per heavy atom. The Hall–Kier alpha value is -2.83. The number of anilines is 1. The first-order valence-corrected chi connectivity index (χ1v) is 8.92. The predicted molar refractivity (Wildman–Crippen MR) is 96.0 cm³/mol. The molecule has 7 nitrogen and oxygen atoms in total. The van der Waals surface area contributed by atoms with Crippen molar-refractivity contribution in [1.29, 1.82) is 0 Å². The Morgan fingerprint density at radius 3 is 2.69 bits per heavy atom. The Balaban J connectivity index is 1.27. The Bertz CT molecular complexity index is 810. The SMILES string of the molecule is Cn1cc(NC(=O)c2ccc([C@@H]3C[C@H]3NC(=O)OCC3CC3)cc2)cn1. The molecule has 2 aliphatic rings. The van der Waals surface area contributed by atoms with E-state index in [9.17, 15) is 9.59 Å². The van der Waals surface area contributed by atoms with Gasteiger partial charge < -0.3 is 15.4 Å². The van der Waals surface area contributed by atoms with Gasteiger partial charge in [0.05, 0.1) is 18.5 Å². The second kappa shape index (κ2) is 6.82. The number of amides is 2. The highest BCUT2D eigenvalue weighted by atomic mass is 16.5. The van der Waals surface area contributed by atoms with E-state index >= 15 is 0 Å². The van der Waals surface area contributed by atoms with Crippen LogP contribution in [0.4, 0.5) is 10.5 Å². The largest absolute Gasteiger partial charge is 0.449 e. The molecule has 2 amide bonds. The van der Waals surface area contributed by atoms with E-state index in [0.717, 1.165) is 12.0 Å². The summed E-state index contributed by atoms with van der Waals surface area (Å²) in [5.41, 5.74) is 2.37. The zero-order valence-corrected chi connectivity index (χ0v) is 14.6. The lowest BCUT2D eigenvalue weighted by atomic mass is 10.1. The maximum absolute atomic E-state index is 12.2. The van der Waals surface area contributed by atoms with Crippen LogP contribution in [0.15, 0.2) is 36.7 Å². The van der Waals surface area contributed by atoms with Crippen LogP contribution in [0.5, 0.6) is 0 Å². The van der Waals surface area contributed by atoms with Crippen LogP contribution >= 0.6 is 0 Å². The number of nitrogens with one attached hydrogen (secondary N) is 2. The van der Waals surface area contributed by atoms with E-state index in [1.54, 1.807) is 24.1 Å². The first-order valence-electron chi connectivity index (χ1n) is 8.92. The molecule has 2 atom stereocenters. The fourth-order valence-electron chi connectivity index (χ4n) is 2.96. The van der Waals surface area contributed by atoms with Crippen molar-refractivity contribution in [3.05, 3.63) is 47.8 Å². The number of aryl methyl sites for hydroxylation is 1. The molecular weight excluding hydrogens is 332 g/mol. The second-order valence-corrected chi connectivity index (χ2v) is 7.11. The molecule has 26 heavy (non-hydrogen) atoms. The molecule has 2 aromatic rings. The molecule has 136 valence electrons. The molecule has 7 heteroatoms. The van der Waals surface area contributed by atoms with Crippen molar-refractivity contribution in [1.82, 2.24) is 15.1 Å². The van der Waals surface area contributed by atoms with Gasteiger partial charge in [-0.15, -0.1) is 0 Å². The number of benzene rings is 1. The van der Waals surface area contributed by atoms with E-state index in [4.69, 9.17) is 4.74 Å². The minimum Gasteiger partial charge on any atom is -0.449 e. The third kappa shape index (κ3) is 4.04. The molecule has 2 fully saturated rings. The van der Waals surface area contributed by atoms with Gasteiger partial charge in [0, 0.05) is 30.8 Å². The smallest absolute Gasteiger partial charge is 0.407 e. The number of rotatable bonds is 6. The second-order valence-electron chi connectivity index (χ2n) is 7.11. The molecule has 0 radical (unpaired) electrons. The van der Waals surface area contributed by atoms with Crippen molar-refractivity contribution in [2.45, 2.75) is 31.2 Å². The molecule has 0 bridgehead atoms. The number of alkyl carbamates (subject to hydrolysis) is 1. The Morgan fingerprint density at radius 1 is 1.27 bits per heavy atom. The van der Waals surface area contributed by atoms with E-state index in [0.29, 0.717) is 29.7 Å². The van der Waals surface area contributed by atoms with Gasteiger partial charge in [-0.05, 0) is 42.9 Å². The molecule has 0 unspecified atom stereocenters. The van der Waals surface area contributed by atoms with Gasteiger partial charge in [-0.25, -0.2) is 4.79 Å². The van der Waals surface area contributed by atoms with Crippen molar-refractivity contribution in [2.75, 3.05) is 11.9 Å². The standard InChI is InChI=1S/C19H22N4O3/c1-23-10-15(9-20-23)21-18(24)14-6-4-13(5-7-14)16-8-17(16)22-19(25)26-11-12-2-3-12/h4-7,9-10,12,16-17H,2-3,8,11H2,1H3,(H,21,24)(H,22,25)/t16-,17+/m0/s1. The van der Waals surface area contributed by atoms with Crippen LogP contribution in [0.3, 0.4) is 0 Å². The van der Waals surface area contributed by atoms with Gasteiger partial charge in [0.25, 0.3) is 5.91 Å². The Labute approximate surface area is 151 Å². The first-order chi connectivity index (χ1) is 12.6. The summed E-state index contributed by atoms with van der Waals surface area (Å²) in [5, 5.41) is 9.74. The van der Waals surface area contributed by atoms with Gasteiger partial charge in [-0.1, -0.05) is 12.1 Å². The van der Waals surface area contributed by atoms with E-state index in [-0.39, 0.29) is 18.0 Å². The van der Waals surface area contributed by atoms with Crippen molar-refractivity contribution in [2.24, 2.45) is 13.0 Å². The highest BCUT2D eigenvalue weighted by Crippen LogP contribution is 2.41. The summed E-state index contributed by atoms with van der Waals surface area (Å²) in [6.45, 7) is 0.532. The van der Waals surface area contributed by atoms with Crippen molar-refractivity contribution < 1.29 is 14.3 Å². The maximum atomic E-state index is 12.2. The normalized spacial score (nSPS) is 21.1. The number of nitrogens with zero attached hydrogens (tertiary/aromatic N) is 2. The lowest BCUT2D eigenvalue weighted by Gasteiger charge is -2.07. The molecule has 2 saturated carbocycles. The lowest BCUT2D eigenvalue weighted by Crippen LogP contribution is -2.28. The van der Waals surface area contributed by atoms with Gasteiger partial charge in [0.15, 0.2) is 0 Å². The summed E-state index contributed by atoms with van der Waals surface area (Å²) >= 11 is 0. The molecule has 1 heterocycles. The molecule has 2 aliphatic carbocycles. The zero-order valence-electron chi connectivity index (χ0n) is 14.6. The monoisotopic (exact) mass is 354 g/mol. The van der Waals surface area contributed by atoms with Crippen LogP contribution < -0.4 is 10.6 Å². The molecule has 4 rings (SSSR count). The fraction of sp³-hybridized carbons (Fsp3) is 0.421. The molecular formula is C19H22N4O3. The quantitative estimate of drug-likeness (QED) is 0.835. The van der Waals surface area contributed by atoms with E-state index in [2.05, 4.69) is 15.7 Å². The predicted octanol–water partition coefficient (Wildman–Crippen LogP) is 2.66. The van der Waals surface area contributed by atoms with Gasteiger partial charge >= 0.3 is 6.09 Å². The van der Waals surface area contributed by atoms with Crippen LogP contribution in [0, 0.1) is 5.92 Å². The summed E-state index contributed by atoms with van der Waals surface area (Å²) in [6, 6.07) is 7.63. The van der Waals surface area contributed by atoms with Crippen LogP contribution in [0.2, 0.25) is 0 Å². The summed E-state index contributed by atoms with van der Waals surface area (Å²) < 4.78 is 6.83. The number of ether oxygens (including phenoxy) is 1. The molecule has 0 spiro atoms. The summed E-state index contributed by atoms with van der Waals surface area (Å²) in [6.07, 6.45) is 6.26. The van der Waals surface area contributed by atoms with Gasteiger partial charge in [0.1, 0.15) is 0 Å². The number of hydrogen-bond donors (Lipinski definition) is 2. The topological polar surface area (TPSA) is 85.2 Å². The number of carbonyl (C=O) groups is 2. The lowest BCUT2D eigenvalue weighted by molar-refractivity contribution is 0.102. The van der Waals surface area contributed by atoms with E-state index < -0.39 is 0 Å². The van der Waals surface area contributed by atoms with Gasteiger partial charge in [-0.3, -0.25) is 9.48 Å². The average molecular weight is 354 g/mol. The van der Waals surface area contributed by atoms with Crippen LogP contribution in [-0.4, -0.2) is 34.4 Å². The van der Waals surface area contributed by atoms with Crippen molar-refractivity contribution in [3.63, 3.8) is 0 Å². The molecule has 1 aromatic carbocycles. The average Bonchev–Trinajstić information content (AvgIpc) is 3.54. The minimum absolute atomic E-state index is 0.122. The summed E-state index contributed by atoms with van der Waals surface area (Å²) in [7, 11) is 1.80. The van der Waals surface area contributed by atoms with Crippen LogP contribution in [0.25, 0.3) is 0 Å². The molecule has 1 aromatic heterocycles. The molecule has 0 aliphatic heterocycles. The summed E-state index contributed by atoms with van der Waals surface area (Å²) in [4.78, 5) is 24.0. The summed E-state index contributed by atoms with van der Waals surface area (Å²) in [5.74, 6) is 0.693. The van der Waals surface area contributed by atoms with E-state index in [1.807, 2.05) is 24.3 Å². The highest BCUT2D eigenvalue weighted by Gasteiger charge is 2.40. The van der Waals surface area contributed by atoms with Crippen LogP contribution in [-0.2, 0) is 11.8 Å². The first kappa shape index (κ1) is 16.6. The highest BCUT2D eigenvalue weighted by molar-refractivity contribution is 6.04. The molecule has 0 saturated heterocycles. The van der Waals surface area contributed by atoms with Gasteiger partial charge in [0.2, 0.25) is 0 Å². The third-order valence-corrected chi connectivity index (χ3v) is 4.80. The number of carbonyl (C=O) groups excluding carboxylic acids is 2. The minimum atomic E-state index is -0.322. The van der Waals surface area contributed by atoms with E-state index in [1.165, 1.54) is 12.8 Å². The van der Waals surface area contributed by atoms with Gasteiger partial charge in [-0.2, -0.15) is 5.10 Å². The maximum Gasteiger partial charge on any atom is 0.407 e. The van der Waals surface area contributed by atoms with Crippen molar-refractivity contribution in [3.8, 4) is 0 Å². The zero-order chi connectivity index (χ0) is 18.1. The molecule has 2 N–H and O–H groups in total. The number of hydrogen-bond acceptors (Lipinski definition) is 4. The van der Waals surface area contributed by atoms with Crippen molar-refractivity contribution >= 4 is 17.7 Å². The fourth-order valence-corrected chi connectivity index (χ4v) is 2.96. The third-order valence-electron chi connectivity index (χ3n) is 4.80. The number of aromatic nitrogens is 2.